The molecule has 3 rings (SSSR count). The smallest absolute Gasteiger partial charge is 0.326 e. The minimum Gasteiger partial charge on any atom is -0.508 e. The van der Waals surface area contributed by atoms with Crippen molar-refractivity contribution in [2.45, 2.75) is 62.7 Å². The third kappa shape index (κ3) is 9.38. The molecule has 0 radical (unpaired) electrons. The Morgan fingerprint density at radius 2 is 1.60 bits per heavy atom. The standard InChI is InChI=1S/C28H35N5O7/c29-20(14-18-10-12-19(34)13-11-18)25(36)32-21-8-4-5-9-22(28(39)40)33-27(38)23(15-17-6-2-1-3-7-17)31-24(35)16-30-26(21)37/h1-3,6-7,10-13,20-23,34H,4-5,8-9,14-16,29H2,(H,30,37)(H,31,35)(H,32,36)(H,33,38)(H,39,40). The van der Waals surface area contributed by atoms with E-state index < -0.39 is 60.3 Å². The lowest BCUT2D eigenvalue weighted by molar-refractivity contribution is -0.142. The molecule has 1 heterocycles. The number of hydrogen-bond acceptors (Lipinski definition) is 7. The van der Waals surface area contributed by atoms with Gasteiger partial charge in [0.15, 0.2) is 0 Å². The third-order valence-corrected chi connectivity index (χ3v) is 6.57. The van der Waals surface area contributed by atoms with Crippen LogP contribution in [0.4, 0.5) is 0 Å². The minimum absolute atomic E-state index is 0.0818. The zero-order chi connectivity index (χ0) is 29.1. The molecule has 4 atom stereocenters. The van der Waals surface area contributed by atoms with Crippen LogP contribution in [0.3, 0.4) is 0 Å². The maximum atomic E-state index is 12.9. The molecule has 4 unspecified atom stereocenters. The predicted molar refractivity (Wildman–Crippen MR) is 145 cm³/mol. The van der Waals surface area contributed by atoms with Crippen LogP contribution in [0.15, 0.2) is 54.6 Å². The lowest BCUT2D eigenvalue weighted by Gasteiger charge is -2.24. The molecule has 8 N–H and O–H groups in total. The Hall–Kier alpha value is -4.45. The highest BCUT2D eigenvalue weighted by Crippen LogP contribution is 2.12. The number of nitrogens with two attached hydrogens (primary N) is 1. The van der Waals surface area contributed by atoms with Crippen molar-refractivity contribution in [3.05, 3.63) is 65.7 Å². The van der Waals surface area contributed by atoms with Crippen LogP contribution >= 0.6 is 0 Å². The number of amides is 4. The second kappa shape index (κ2) is 14.6. The van der Waals surface area contributed by atoms with Crippen molar-refractivity contribution in [1.82, 2.24) is 21.3 Å². The fraction of sp³-hybridized carbons (Fsp3) is 0.393. The topological polar surface area (TPSA) is 200 Å². The van der Waals surface area contributed by atoms with E-state index in [1.807, 2.05) is 0 Å². The minimum atomic E-state index is -1.21. The van der Waals surface area contributed by atoms with Crippen LogP contribution in [-0.2, 0) is 36.8 Å². The summed E-state index contributed by atoms with van der Waals surface area (Å²) >= 11 is 0. The molecule has 0 saturated carbocycles. The van der Waals surface area contributed by atoms with Gasteiger partial charge < -0.3 is 37.2 Å². The summed E-state index contributed by atoms with van der Waals surface area (Å²) in [5, 5.41) is 29.3. The molecule has 1 aliphatic heterocycles. The summed E-state index contributed by atoms with van der Waals surface area (Å²) in [4.78, 5) is 63.2. The van der Waals surface area contributed by atoms with Crippen molar-refractivity contribution >= 4 is 29.6 Å². The van der Waals surface area contributed by atoms with Gasteiger partial charge in [-0.2, -0.15) is 0 Å². The Labute approximate surface area is 231 Å². The molecule has 0 bridgehead atoms. The molecular weight excluding hydrogens is 518 g/mol. The van der Waals surface area contributed by atoms with Crippen molar-refractivity contribution in [2.75, 3.05) is 6.54 Å². The van der Waals surface area contributed by atoms with Gasteiger partial charge in [0.05, 0.1) is 12.6 Å². The number of carbonyl (C=O) groups excluding carboxylic acids is 4. The van der Waals surface area contributed by atoms with Gasteiger partial charge in [0.1, 0.15) is 23.9 Å². The van der Waals surface area contributed by atoms with Crippen LogP contribution in [0.25, 0.3) is 0 Å². The van der Waals surface area contributed by atoms with Gasteiger partial charge in [-0.25, -0.2) is 4.79 Å². The van der Waals surface area contributed by atoms with Crippen LogP contribution in [0, 0.1) is 0 Å². The number of carboxylic acids is 1. The van der Waals surface area contributed by atoms with E-state index in [1.54, 1.807) is 42.5 Å². The Balaban J connectivity index is 1.70. The van der Waals surface area contributed by atoms with Crippen LogP contribution in [-0.4, -0.2) is 70.5 Å². The molecule has 0 aromatic heterocycles. The highest BCUT2D eigenvalue weighted by Gasteiger charge is 2.29. The second-order valence-electron chi connectivity index (χ2n) is 9.75. The highest BCUT2D eigenvalue weighted by atomic mass is 16.4. The highest BCUT2D eigenvalue weighted by molar-refractivity contribution is 5.94. The maximum absolute atomic E-state index is 12.9. The number of phenols is 1. The van der Waals surface area contributed by atoms with Gasteiger partial charge in [-0.1, -0.05) is 55.3 Å². The molecule has 0 spiro atoms. The van der Waals surface area contributed by atoms with E-state index >= 15 is 0 Å². The van der Waals surface area contributed by atoms with Gasteiger partial charge in [-0.15, -0.1) is 0 Å². The van der Waals surface area contributed by atoms with E-state index in [9.17, 15) is 34.2 Å². The van der Waals surface area contributed by atoms with Gasteiger partial charge in [0.2, 0.25) is 23.6 Å². The van der Waals surface area contributed by atoms with Gasteiger partial charge in [-0.05, 0) is 42.5 Å². The summed E-state index contributed by atoms with van der Waals surface area (Å²) in [7, 11) is 0. The summed E-state index contributed by atoms with van der Waals surface area (Å²) in [5.41, 5.74) is 7.53. The van der Waals surface area contributed by atoms with Crippen LogP contribution in [0.1, 0.15) is 36.8 Å². The number of carbonyl (C=O) groups is 5. The molecule has 2 aromatic carbocycles. The molecule has 4 amide bonds. The van der Waals surface area contributed by atoms with Crippen molar-refractivity contribution in [1.29, 1.82) is 0 Å². The summed E-state index contributed by atoms with van der Waals surface area (Å²) < 4.78 is 0. The summed E-state index contributed by atoms with van der Waals surface area (Å²) in [6.07, 6.45) is 1.27. The molecule has 12 heteroatoms. The fourth-order valence-electron chi connectivity index (χ4n) is 4.35. The molecule has 1 saturated heterocycles. The Kier molecular flexibility index (Phi) is 11.0. The Morgan fingerprint density at radius 1 is 0.925 bits per heavy atom. The van der Waals surface area contributed by atoms with Crippen LogP contribution in [0.2, 0.25) is 0 Å². The van der Waals surface area contributed by atoms with Gasteiger partial charge in [0.25, 0.3) is 0 Å². The molecule has 40 heavy (non-hydrogen) atoms. The van der Waals surface area contributed by atoms with E-state index in [2.05, 4.69) is 21.3 Å². The van der Waals surface area contributed by atoms with Crippen molar-refractivity contribution in [3.8, 4) is 5.75 Å². The number of nitrogens with one attached hydrogen (secondary N) is 4. The number of phenolic OH excluding ortho intramolecular Hbond substituents is 1. The first-order valence-electron chi connectivity index (χ1n) is 13.1. The number of aliphatic carboxylic acids is 1. The number of benzene rings is 2. The number of rotatable bonds is 7. The zero-order valence-electron chi connectivity index (χ0n) is 22.0. The first kappa shape index (κ1) is 30.1. The molecule has 1 fully saturated rings. The Morgan fingerprint density at radius 3 is 2.27 bits per heavy atom. The average molecular weight is 554 g/mol. The van der Waals surface area contributed by atoms with Gasteiger partial charge >= 0.3 is 5.97 Å². The predicted octanol–water partition coefficient (Wildman–Crippen LogP) is -0.266. The number of hydrogen-bond donors (Lipinski definition) is 7. The van der Waals surface area contributed by atoms with E-state index in [-0.39, 0.29) is 31.4 Å². The molecule has 12 nitrogen and oxygen atoms in total. The molecule has 0 aliphatic carbocycles. The summed E-state index contributed by atoms with van der Waals surface area (Å²) in [5.74, 6) is -3.59. The quantitative estimate of drug-likeness (QED) is 0.243. The van der Waals surface area contributed by atoms with E-state index in [4.69, 9.17) is 5.73 Å². The number of aromatic hydroxyl groups is 1. The lowest BCUT2D eigenvalue weighted by atomic mass is 10.0. The van der Waals surface area contributed by atoms with Crippen molar-refractivity contribution in [3.63, 3.8) is 0 Å². The van der Waals surface area contributed by atoms with Crippen LogP contribution < -0.4 is 27.0 Å². The first-order valence-corrected chi connectivity index (χ1v) is 13.1. The molecule has 2 aromatic rings. The van der Waals surface area contributed by atoms with Gasteiger partial charge in [-0.3, -0.25) is 19.2 Å². The second-order valence-corrected chi connectivity index (χ2v) is 9.75. The maximum Gasteiger partial charge on any atom is 0.326 e. The molecule has 214 valence electrons. The largest absolute Gasteiger partial charge is 0.508 e. The van der Waals surface area contributed by atoms with E-state index in [0.717, 1.165) is 11.1 Å². The van der Waals surface area contributed by atoms with Crippen LogP contribution in [0.5, 0.6) is 5.75 Å². The normalized spacial score (nSPS) is 21.6. The molecule has 1 aliphatic rings. The number of carboxylic acid groups (broad SMARTS) is 1. The molecular formula is C28H35N5O7. The SMILES string of the molecule is NC(Cc1ccc(O)cc1)C(=O)NC1CCCCC(C(=O)O)NC(=O)C(Cc2ccccc2)NC(=O)CNC1=O. The average Bonchev–Trinajstić information content (AvgIpc) is 2.93. The lowest BCUT2D eigenvalue weighted by Crippen LogP contribution is -2.56. The first-order chi connectivity index (χ1) is 19.1. The van der Waals surface area contributed by atoms with Crippen molar-refractivity contribution < 1.29 is 34.2 Å². The Bertz CT molecular complexity index is 1190. The fourth-order valence-corrected chi connectivity index (χ4v) is 4.35. The monoisotopic (exact) mass is 553 g/mol. The third-order valence-electron chi connectivity index (χ3n) is 6.57. The van der Waals surface area contributed by atoms with Crippen molar-refractivity contribution in [2.24, 2.45) is 5.73 Å². The summed E-state index contributed by atoms with van der Waals surface area (Å²) in [6, 6.07) is 10.9. The van der Waals surface area contributed by atoms with Gasteiger partial charge in [0, 0.05) is 6.42 Å². The van der Waals surface area contributed by atoms with E-state index in [0.29, 0.717) is 12.8 Å². The van der Waals surface area contributed by atoms with E-state index in [1.165, 1.54) is 12.1 Å². The summed E-state index contributed by atoms with van der Waals surface area (Å²) in [6.45, 7) is -0.453. The zero-order valence-corrected chi connectivity index (χ0v) is 22.0.